The maximum atomic E-state index is 11.7. The Kier molecular flexibility index (Phi) is 13.2. The number of ether oxygens (including phenoxy) is 3. The minimum atomic E-state index is -0.400. The van der Waals surface area contributed by atoms with E-state index in [1.807, 2.05) is 57.9 Å². The zero-order chi connectivity index (χ0) is 31.6. The Morgan fingerprint density at radius 1 is 0.814 bits per heavy atom. The number of fused-ring (bicyclic) bond motifs is 2. The van der Waals surface area contributed by atoms with Crippen LogP contribution in [0.3, 0.4) is 0 Å². The number of halogens is 3. The van der Waals surface area contributed by atoms with E-state index in [0.29, 0.717) is 0 Å². The fourth-order valence-electron chi connectivity index (χ4n) is 3.93. The van der Waals surface area contributed by atoms with Gasteiger partial charge < -0.3 is 23.0 Å². The van der Waals surface area contributed by atoms with Crippen LogP contribution in [0.15, 0.2) is 65.9 Å². The van der Waals surface area contributed by atoms with Crippen LogP contribution < -0.4 is 0 Å². The molecular formula is C29H31Br3N4O6Zn. The molecule has 226 valence electrons. The normalized spacial score (nSPS) is 15.9. The minimum absolute atomic E-state index is 0.125. The number of rotatable bonds is 4. The second-order valence-electron chi connectivity index (χ2n) is 9.77. The van der Waals surface area contributed by atoms with Crippen molar-refractivity contribution in [3.63, 3.8) is 0 Å². The van der Waals surface area contributed by atoms with Crippen molar-refractivity contribution in [1.82, 2.24) is 18.8 Å². The second kappa shape index (κ2) is 16.2. The van der Waals surface area contributed by atoms with Crippen molar-refractivity contribution in [3.8, 4) is 0 Å². The number of hydrogen-bond donors (Lipinski definition) is 0. The third kappa shape index (κ3) is 9.60. The summed E-state index contributed by atoms with van der Waals surface area (Å²) < 4.78 is 18.4. The van der Waals surface area contributed by atoms with Gasteiger partial charge in [0.1, 0.15) is 15.6 Å². The van der Waals surface area contributed by atoms with Crippen molar-refractivity contribution in [2.45, 2.75) is 48.3 Å². The van der Waals surface area contributed by atoms with Gasteiger partial charge in [-0.2, -0.15) is 12.8 Å². The number of nitrogens with zero attached hydrogens (tertiary/aromatic N) is 4. The number of hydrogen-bond acceptors (Lipinski definition) is 8. The van der Waals surface area contributed by atoms with Gasteiger partial charge in [-0.3, -0.25) is 20.3 Å². The third-order valence-corrected chi connectivity index (χ3v) is 8.46. The van der Waals surface area contributed by atoms with Crippen molar-refractivity contribution >= 4 is 74.7 Å². The molecule has 0 aromatic carbocycles. The summed E-state index contributed by atoms with van der Waals surface area (Å²) in [6, 6.07) is 7.89. The standard InChI is InChI=1S/C12H12N2O2.C7H5BrN2.C5H7BrO2.C5H7O2.BrH.Zn/c1-16-11(15)12(3-4-12)9-2-6-14-7-5-13-10(14)8-9;8-6-1-3-10-4-2-9-7(10)5-6;1-8-4(7)5(6)2-3-5;1-7-5(6)4-2-3-4;;/h2,5-8H,3-4H2,1H3;1-5H;2-3H2,1H3;2-3H2,1H3;1H;/q;;;-1;;+2/p-1. The van der Waals surface area contributed by atoms with Crippen LogP contribution in [0.25, 0.3) is 11.3 Å². The summed E-state index contributed by atoms with van der Waals surface area (Å²) in [5.41, 5.74) is 2.45. The maximum absolute atomic E-state index is 11.7. The van der Waals surface area contributed by atoms with Gasteiger partial charge in [-0.15, -0.1) is 0 Å². The summed E-state index contributed by atoms with van der Waals surface area (Å²) in [7, 11) is 4.26. The predicted molar refractivity (Wildman–Crippen MR) is 167 cm³/mol. The quantitative estimate of drug-likeness (QED) is 0.0799. The molecule has 0 amide bonds. The molecular weight excluding hydrogens is 805 g/mol. The molecule has 14 heteroatoms. The van der Waals surface area contributed by atoms with Crippen LogP contribution in [-0.2, 0) is 50.4 Å². The summed E-state index contributed by atoms with van der Waals surface area (Å²) >= 11 is 10.9. The first kappa shape index (κ1) is 35.2. The molecule has 0 aliphatic heterocycles. The first-order chi connectivity index (χ1) is 20.7. The molecule has 3 saturated carbocycles. The zero-order valence-corrected chi connectivity index (χ0v) is 31.8. The monoisotopic (exact) mass is 832 g/mol. The van der Waals surface area contributed by atoms with Gasteiger partial charge in [0.2, 0.25) is 0 Å². The molecule has 4 aromatic heterocycles. The molecule has 0 spiro atoms. The van der Waals surface area contributed by atoms with Gasteiger partial charge in [0, 0.05) is 41.7 Å². The molecule has 3 fully saturated rings. The van der Waals surface area contributed by atoms with Gasteiger partial charge in [-0.05, 0) is 55.5 Å². The van der Waals surface area contributed by atoms with Crippen LogP contribution in [0.2, 0.25) is 0 Å². The fourth-order valence-corrected chi connectivity index (χ4v) is 4.62. The predicted octanol–water partition coefficient (Wildman–Crippen LogP) is 6.09. The Hall–Kier alpha value is -2.28. The van der Waals surface area contributed by atoms with Crippen molar-refractivity contribution in [2.75, 3.05) is 21.3 Å². The van der Waals surface area contributed by atoms with Crippen LogP contribution in [0.1, 0.15) is 44.1 Å². The molecule has 0 unspecified atom stereocenters. The zero-order valence-electron chi connectivity index (χ0n) is 24.1. The van der Waals surface area contributed by atoms with Gasteiger partial charge >= 0.3 is 41.9 Å². The molecule has 3 aliphatic rings. The van der Waals surface area contributed by atoms with Crippen molar-refractivity contribution in [1.29, 1.82) is 0 Å². The van der Waals surface area contributed by atoms with E-state index < -0.39 is 5.41 Å². The number of aromatic nitrogens is 4. The first-order valence-electron chi connectivity index (χ1n) is 13.2. The number of carbonyl (C=O) groups is 3. The van der Waals surface area contributed by atoms with E-state index in [-0.39, 0.29) is 22.2 Å². The Balaban J connectivity index is 0.000000163. The molecule has 10 nitrogen and oxygen atoms in total. The molecule has 0 radical (unpaired) electrons. The second-order valence-corrected chi connectivity index (χ2v) is 12.2. The molecule has 7 rings (SSSR count). The van der Waals surface area contributed by atoms with Crippen molar-refractivity contribution in [3.05, 3.63) is 77.4 Å². The summed E-state index contributed by atoms with van der Waals surface area (Å²) in [5, 5.41) is 0. The Morgan fingerprint density at radius 2 is 1.35 bits per heavy atom. The molecule has 3 aliphatic carbocycles. The molecule has 0 bridgehead atoms. The van der Waals surface area contributed by atoms with Gasteiger partial charge in [-0.1, -0.05) is 31.9 Å². The van der Waals surface area contributed by atoms with Crippen LogP contribution in [0.5, 0.6) is 0 Å². The number of imidazole rings is 2. The average Bonchev–Trinajstić information content (AvgIpc) is 4.00. The van der Waals surface area contributed by atoms with Crippen molar-refractivity contribution in [2.24, 2.45) is 0 Å². The van der Waals surface area contributed by atoms with Crippen LogP contribution in [0, 0.1) is 5.92 Å². The Morgan fingerprint density at radius 3 is 1.77 bits per heavy atom. The van der Waals surface area contributed by atoms with E-state index in [1.165, 1.54) is 37.7 Å². The molecule has 4 heterocycles. The Bertz CT molecular complexity index is 1530. The number of carbonyl (C=O) groups excluding carboxylic acids is 3. The fraction of sp³-hybridized carbons (Fsp3) is 0.379. The molecule has 0 N–H and O–H groups in total. The summed E-state index contributed by atoms with van der Waals surface area (Å²) in [5.74, 6) is 0.531. The van der Waals surface area contributed by atoms with Crippen LogP contribution in [-0.4, -0.2) is 62.3 Å². The summed E-state index contributed by atoms with van der Waals surface area (Å²) in [4.78, 5) is 41.0. The van der Waals surface area contributed by atoms with E-state index in [9.17, 15) is 14.4 Å². The molecule has 0 saturated heterocycles. The third-order valence-electron chi connectivity index (χ3n) is 6.85. The van der Waals surface area contributed by atoms with Crippen LogP contribution in [0.4, 0.5) is 0 Å². The molecule has 43 heavy (non-hydrogen) atoms. The van der Waals surface area contributed by atoms with E-state index in [2.05, 4.69) is 64.9 Å². The van der Waals surface area contributed by atoms with E-state index in [1.54, 1.807) is 12.4 Å². The van der Waals surface area contributed by atoms with E-state index in [0.717, 1.165) is 65.8 Å². The SMILES string of the molecule is Brc1ccn2ccnc2c1.COC(=O)C1(Br)CC1.COC(=O)C1(c2ccn3ccnc3c2)CC1.COC(=O)[C-]1CC1.[Zn+][Br]. The number of pyridine rings is 2. The van der Waals surface area contributed by atoms with E-state index in [4.69, 9.17) is 4.74 Å². The first-order valence-corrected chi connectivity index (χ1v) is 21.8. The van der Waals surface area contributed by atoms with Gasteiger partial charge in [0.25, 0.3) is 0 Å². The van der Waals surface area contributed by atoms with Gasteiger partial charge in [-0.25, -0.2) is 9.97 Å². The van der Waals surface area contributed by atoms with Crippen LogP contribution >= 0.6 is 45.5 Å². The molecule has 4 aromatic rings. The topological polar surface area (TPSA) is 114 Å². The summed E-state index contributed by atoms with van der Waals surface area (Å²) in [6.45, 7) is 0. The number of alkyl halides is 1. The summed E-state index contributed by atoms with van der Waals surface area (Å²) in [6.07, 6.45) is 16.7. The molecule has 0 atom stereocenters. The number of methoxy groups -OCH3 is 3. The Labute approximate surface area is 283 Å². The van der Waals surface area contributed by atoms with E-state index >= 15 is 0 Å². The van der Waals surface area contributed by atoms with Crippen molar-refractivity contribution < 1.29 is 44.9 Å². The van der Waals surface area contributed by atoms with Gasteiger partial charge in [0.15, 0.2) is 5.97 Å². The van der Waals surface area contributed by atoms with Gasteiger partial charge in [0.05, 0.1) is 26.7 Å². The average molecular weight is 837 g/mol. The number of esters is 3.